The molecule has 0 unspecified atom stereocenters. The van der Waals surface area contributed by atoms with Gasteiger partial charge in [-0.1, -0.05) is 0 Å². The zero-order valence-corrected chi connectivity index (χ0v) is 11.5. The highest BCUT2D eigenvalue weighted by molar-refractivity contribution is 9.10. The quantitative estimate of drug-likeness (QED) is 0.863. The van der Waals surface area contributed by atoms with E-state index in [4.69, 9.17) is 9.84 Å². The number of ether oxygens (including phenoxy) is 1. The van der Waals surface area contributed by atoms with Gasteiger partial charge < -0.3 is 9.84 Å². The number of aliphatic hydroxyl groups excluding tert-OH is 1. The van der Waals surface area contributed by atoms with Gasteiger partial charge in [-0.05, 0) is 48.0 Å². The van der Waals surface area contributed by atoms with Gasteiger partial charge in [0, 0.05) is 9.64 Å². The summed E-state index contributed by atoms with van der Waals surface area (Å²) < 4.78 is 5.93. The Balaban J connectivity index is 2.84. The van der Waals surface area contributed by atoms with E-state index >= 15 is 0 Å². The molecule has 1 rings (SSSR count). The molecular formula is C11H15BrO2S. The Hall–Kier alpha value is -0.190. The van der Waals surface area contributed by atoms with E-state index in [0.29, 0.717) is 0 Å². The molecule has 0 aliphatic rings. The fourth-order valence-corrected chi connectivity index (χ4v) is 2.77. The van der Waals surface area contributed by atoms with Crippen LogP contribution in [0.5, 0.6) is 5.75 Å². The summed E-state index contributed by atoms with van der Waals surface area (Å²) in [6.07, 6.45) is 0. The Bertz CT molecular complexity index is 339. The third-order valence-corrected chi connectivity index (χ3v) is 3.69. The summed E-state index contributed by atoms with van der Waals surface area (Å²) in [4.78, 5) is 1.11. The van der Waals surface area contributed by atoms with Gasteiger partial charge >= 0.3 is 0 Å². The Labute approximate surface area is 103 Å². The lowest BCUT2D eigenvalue weighted by Gasteiger charge is -2.21. The van der Waals surface area contributed by atoms with Crippen molar-refractivity contribution in [3.63, 3.8) is 0 Å². The average Bonchev–Trinajstić information content (AvgIpc) is 2.17. The molecule has 0 spiro atoms. The predicted octanol–water partition coefficient (Wildman–Crippen LogP) is 3.32. The van der Waals surface area contributed by atoms with Crippen LogP contribution in [-0.4, -0.2) is 23.6 Å². The van der Waals surface area contributed by atoms with Crippen molar-refractivity contribution in [2.24, 2.45) is 0 Å². The molecule has 0 aromatic heterocycles. The molecule has 1 aromatic rings. The van der Waals surface area contributed by atoms with E-state index in [1.54, 1.807) is 18.9 Å². The van der Waals surface area contributed by atoms with Gasteiger partial charge in [-0.15, -0.1) is 11.8 Å². The first-order valence-electron chi connectivity index (χ1n) is 4.62. The number of halogens is 1. The molecule has 15 heavy (non-hydrogen) atoms. The highest BCUT2D eigenvalue weighted by atomic mass is 79.9. The van der Waals surface area contributed by atoms with Crippen LogP contribution >= 0.6 is 27.7 Å². The molecule has 84 valence electrons. The zero-order valence-electron chi connectivity index (χ0n) is 9.08. The van der Waals surface area contributed by atoms with Gasteiger partial charge in [0.2, 0.25) is 0 Å². The first-order valence-corrected chi connectivity index (χ1v) is 6.23. The van der Waals surface area contributed by atoms with Gasteiger partial charge in [-0.2, -0.15) is 0 Å². The summed E-state index contributed by atoms with van der Waals surface area (Å²) in [5, 5.41) is 9.17. The lowest BCUT2D eigenvalue weighted by Crippen LogP contribution is -2.19. The van der Waals surface area contributed by atoms with E-state index < -0.39 is 0 Å². The van der Waals surface area contributed by atoms with Gasteiger partial charge in [-0.25, -0.2) is 0 Å². The molecule has 0 bridgehead atoms. The molecule has 1 aromatic carbocycles. The minimum Gasteiger partial charge on any atom is -0.496 e. The third-order valence-electron chi connectivity index (χ3n) is 1.90. The van der Waals surface area contributed by atoms with Crippen LogP contribution in [0.2, 0.25) is 0 Å². The number of aliphatic hydroxyl groups is 1. The van der Waals surface area contributed by atoms with Crippen LogP contribution in [0, 0.1) is 0 Å². The van der Waals surface area contributed by atoms with Crippen LogP contribution in [0.3, 0.4) is 0 Å². The van der Waals surface area contributed by atoms with Gasteiger partial charge in [-0.3, -0.25) is 0 Å². The van der Waals surface area contributed by atoms with Gasteiger partial charge in [0.15, 0.2) is 0 Å². The second-order valence-electron chi connectivity index (χ2n) is 3.82. The van der Waals surface area contributed by atoms with Crippen molar-refractivity contribution in [1.29, 1.82) is 0 Å². The molecule has 0 aliphatic carbocycles. The molecule has 0 radical (unpaired) electrons. The van der Waals surface area contributed by atoms with Crippen LogP contribution in [0.15, 0.2) is 27.6 Å². The summed E-state index contributed by atoms with van der Waals surface area (Å²) in [5.41, 5.74) is 0. The minimum atomic E-state index is -0.159. The third kappa shape index (κ3) is 3.70. The first kappa shape index (κ1) is 12.9. The smallest absolute Gasteiger partial charge is 0.133 e. The Kier molecular flexibility index (Phi) is 4.49. The lowest BCUT2D eigenvalue weighted by molar-refractivity contribution is 0.265. The van der Waals surface area contributed by atoms with Crippen molar-refractivity contribution in [2.75, 3.05) is 13.7 Å². The van der Waals surface area contributed by atoms with Crippen molar-refractivity contribution in [1.82, 2.24) is 0 Å². The summed E-state index contributed by atoms with van der Waals surface area (Å²) in [7, 11) is 1.64. The highest BCUT2D eigenvalue weighted by Gasteiger charge is 2.18. The molecule has 0 saturated heterocycles. The van der Waals surface area contributed by atoms with Crippen molar-refractivity contribution >= 4 is 27.7 Å². The standard InChI is InChI=1S/C11H15BrO2S/c1-11(2,7-13)15-8-4-5-10(14-3)9(12)6-8/h4-6,13H,7H2,1-3H3. The van der Waals surface area contributed by atoms with Gasteiger partial charge in [0.05, 0.1) is 18.2 Å². The van der Waals surface area contributed by atoms with Crippen molar-refractivity contribution in [3.05, 3.63) is 22.7 Å². The van der Waals surface area contributed by atoms with Crippen LogP contribution in [0.1, 0.15) is 13.8 Å². The SMILES string of the molecule is COc1ccc(SC(C)(C)CO)cc1Br. The molecule has 1 N–H and O–H groups in total. The van der Waals surface area contributed by atoms with Gasteiger partial charge in [0.1, 0.15) is 5.75 Å². The topological polar surface area (TPSA) is 29.5 Å². The van der Waals surface area contributed by atoms with E-state index in [9.17, 15) is 0 Å². The van der Waals surface area contributed by atoms with Crippen LogP contribution in [-0.2, 0) is 0 Å². The lowest BCUT2D eigenvalue weighted by atomic mass is 10.2. The minimum absolute atomic E-state index is 0.154. The maximum atomic E-state index is 9.17. The van der Waals surface area contributed by atoms with Crippen LogP contribution in [0.25, 0.3) is 0 Å². The summed E-state index contributed by atoms with van der Waals surface area (Å²) >= 11 is 5.08. The molecule has 0 aliphatic heterocycles. The highest BCUT2D eigenvalue weighted by Crippen LogP contribution is 2.36. The van der Waals surface area contributed by atoms with E-state index in [1.165, 1.54) is 0 Å². The second kappa shape index (κ2) is 5.23. The van der Waals surface area contributed by atoms with E-state index in [-0.39, 0.29) is 11.4 Å². The van der Waals surface area contributed by atoms with Gasteiger partial charge in [0.25, 0.3) is 0 Å². The molecule has 0 amide bonds. The van der Waals surface area contributed by atoms with E-state index in [2.05, 4.69) is 15.9 Å². The predicted molar refractivity (Wildman–Crippen MR) is 67.7 cm³/mol. The summed E-state index contributed by atoms with van der Waals surface area (Å²) in [6, 6.07) is 5.91. The Morgan fingerprint density at radius 1 is 1.47 bits per heavy atom. The van der Waals surface area contributed by atoms with Crippen LogP contribution in [0.4, 0.5) is 0 Å². The second-order valence-corrected chi connectivity index (χ2v) is 6.45. The molecule has 0 heterocycles. The zero-order chi connectivity index (χ0) is 11.5. The Morgan fingerprint density at radius 2 is 2.13 bits per heavy atom. The van der Waals surface area contributed by atoms with Crippen molar-refractivity contribution in [3.8, 4) is 5.75 Å². The first-order chi connectivity index (χ1) is 6.98. The molecule has 2 nitrogen and oxygen atoms in total. The summed E-state index contributed by atoms with van der Waals surface area (Å²) in [6.45, 7) is 4.17. The maximum Gasteiger partial charge on any atom is 0.133 e. The number of hydrogen-bond acceptors (Lipinski definition) is 3. The Morgan fingerprint density at radius 3 is 2.60 bits per heavy atom. The number of thioether (sulfide) groups is 1. The molecule has 0 saturated carbocycles. The summed E-state index contributed by atoms with van der Waals surface area (Å²) in [5.74, 6) is 0.821. The molecule has 0 fully saturated rings. The molecule has 0 atom stereocenters. The monoisotopic (exact) mass is 290 g/mol. The van der Waals surface area contributed by atoms with Crippen LogP contribution < -0.4 is 4.74 Å². The normalized spacial score (nSPS) is 11.5. The van der Waals surface area contributed by atoms with Crippen molar-refractivity contribution < 1.29 is 9.84 Å². The average molecular weight is 291 g/mol. The molecule has 4 heteroatoms. The van der Waals surface area contributed by atoms with Crippen molar-refractivity contribution in [2.45, 2.75) is 23.5 Å². The fourth-order valence-electron chi connectivity index (χ4n) is 1.06. The molecular weight excluding hydrogens is 276 g/mol. The van der Waals surface area contributed by atoms with E-state index in [1.807, 2.05) is 32.0 Å². The fraction of sp³-hybridized carbons (Fsp3) is 0.455. The van der Waals surface area contributed by atoms with E-state index in [0.717, 1.165) is 15.1 Å². The number of methoxy groups -OCH3 is 1. The maximum absolute atomic E-state index is 9.17. The number of benzene rings is 1. The largest absolute Gasteiger partial charge is 0.496 e. The number of hydrogen-bond donors (Lipinski definition) is 1. The number of rotatable bonds is 4.